The molecule has 2 rings (SSSR count). The van der Waals surface area contributed by atoms with Crippen molar-refractivity contribution in [2.24, 2.45) is 5.73 Å². The Labute approximate surface area is 97.0 Å². The molecule has 3 N–H and O–H groups in total. The van der Waals surface area contributed by atoms with Crippen molar-refractivity contribution < 1.29 is 13.9 Å². The maximum Gasteiger partial charge on any atom is 0.148 e. The van der Waals surface area contributed by atoms with Gasteiger partial charge >= 0.3 is 0 Å². The van der Waals surface area contributed by atoms with Gasteiger partial charge in [0.1, 0.15) is 11.6 Å². The van der Waals surface area contributed by atoms with Crippen LogP contribution in [0.5, 0.6) is 0 Å². The highest BCUT2D eigenvalue weighted by Crippen LogP contribution is 2.46. The number of halogens is 3. The number of hydrogen-bond donors (Lipinski definition) is 2. The average molecular weight is 248 g/mol. The lowest BCUT2D eigenvalue weighted by Crippen LogP contribution is -2.50. The fourth-order valence-electron chi connectivity index (χ4n) is 2.33. The van der Waals surface area contributed by atoms with E-state index in [0.717, 1.165) is 6.07 Å². The molecule has 0 saturated heterocycles. The minimum Gasteiger partial charge on any atom is -0.393 e. The van der Waals surface area contributed by atoms with Gasteiger partial charge in [0.05, 0.1) is 11.1 Å². The summed E-state index contributed by atoms with van der Waals surface area (Å²) in [5, 5.41) is 9.17. The molecule has 0 bridgehead atoms. The molecule has 1 aromatic rings. The molecule has 0 aliphatic heterocycles. The molecule has 1 saturated carbocycles. The summed E-state index contributed by atoms with van der Waals surface area (Å²) in [6.45, 7) is 0.0955. The summed E-state index contributed by atoms with van der Waals surface area (Å²) >= 11 is 5.62. The van der Waals surface area contributed by atoms with Crippen molar-refractivity contribution in [1.29, 1.82) is 0 Å². The zero-order valence-corrected chi connectivity index (χ0v) is 9.27. The van der Waals surface area contributed by atoms with Gasteiger partial charge in [-0.3, -0.25) is 0 Å². The summed E-state index contributed by atoms with van der Waals surface area (Å²) in [6.07, 6.45) is 0.0105. The van der Waals surface area contributed by atoms with Gasteiger partial charge in [0.2, 0.25) is 0 Å². The van der Waals surface area contributed by atoms with Gasteiger partial charge in [0.15, 0.2) is 0 Å². The maximum absolute atomic E-state index is 13.8. The van der Waals surface area contributed by atoms with Gasteiger partial charge in [-0.05, 0) is 25.0 Å². The van der Waals surface area contributed by atoms with Crippen LogP contribution in [-0.2, 0) is 5.41 Å². The summed E-state index contributed by atoms with van der Waals surface area (Å²) in [7, 11) is 0. The molecular weight excluding hydrogens is 236 g/mol. The first-order valence-corrected chi connectivity index (χ1v) is 5.40. The topological polar surface area (TPSA) is 46.2 Å². The standard InChI is InChI=1S/C11H12ClF2NO/c12-7-1-2-8(13)9(10(7)14)11(5-15)3-6(16)4-11/h1-2,6,16H,3-5,15H2. The van der Waals surface area contributed by atoms with Crippen LogP contribution in [0, 0.1) is 11.6 Å². The quantitative estimate of drug-likeness (QED) is 0.785. The summed E-state index contributed by atoms with van der Waals surface area (Å²) in [5.41, 5.74) is 4.67. The fraction of sp³-hybridized carbons (Fsp3) is 0.455. The number of benzene rings is 1. The minimum atomic E-state index is -0.807. The molecule has 0 aromatic heterocycles. The molecule has 88 valence electrons. The molecule has 2 nitrogen and oxygen atoms in total. The van der Waals surface area contributed by atoms with Crippen LogP contribution in [0.2, 0.25) is 5.02 Å². The van der Waals surface area contributed by atoms with Gasteiger partial charge in [-0.25, -0.2) is 8.78 Å². The van der Waals surface area contributed by atoms with Crippen molar-refractivity contribution in [1.82, 2.24) is 0 Å². The fourth-order valence-corrected chi connectivity index (χ4v) is 2.49. The maximum atomic E-state index is 13.8. The Morgan fingerprint density at radius 3 is 2.56 bits per heavy atom. The van der Waals surface area contributed by atoms with Crippen LogP contribution < -0.4 is 5.73 Å². The molecule has 0 atom stereocenters. The van der Waals surface area contributed by atoms with Gasteiger partial charge in [-0.15, -0.1) is 0 Å². The first-order valence-electron chi connectivity index (χ1n) is 5.02. The van der Waals surface area contributed by atoms with Gasteiger partial charge in [0.25, 0.3) is 0 Å². The van der Waals surface area contributed by atoms with Crippen LogP contribution in [-0.4, -0.2) is 17.8 Å². The van der Waals surface area contributed by atoms with E-state index in [1.54, 1.807) is 0 Å². The van der Waals surface area contributed by atoms with Crippen LogP contribution in [0.15, 0.2) is 12.1 Å². The Kier molecular flexibility index (Phi) is 2.90. The summed E-state index contributed by atoms with van der Waals surface area (Å²) in [6, 6.07) is 2.30. The first-order chi connectivity index (χ1) is 7.50. The van der Waals surface area contributed by atoms with E-state index in [1.165, 1.54) is 6.07 Å². The highest BCUT2D eigenvalue weighted by Gasteiger charge is 2.47. The number of aliphatic hydroxyl groups excluding tert-OH is 1. The monoisotopic (exact) mass is 247 g/mol. The molecule has 0 unspecified atom stereocenters. The zero-order valence-electron chi connectivity index (χ0n) is 8.51. The Balaban J connectivity index is 2.50. The summed E-state index contributed by atoms with van der Waals surface area (Å²) in [5.74, 6) is -1.42. The number of rotatable bonds is 2. The van der Waals surface area contributed by atoms with Crippen molar-refractivity contribution >= 4 is 11.6 Å². The van der Waals surface area contributed by atoms with E-state index < -0.39 is 23.2 Å². The van der Waals surface area contributed by atoms with E-state index in [4.69, 9.17) is 17.3 Å². The number of nitrogens with two attached hydrogens (primary N) is 1. The number of hydrogen-bond acceptors (Lipinski definition) is 2. The molecule has 0 amide bonds. The number of aliphatic hydroxyl groups is 1. The van der Waals surface area contributed by atoms with Gasteiger partial charge in [0, 0.05) is 17.5 Å². The van der Waals surface area contributed by atoms with Crippen molar-refractivity contribution in [3.8, 4) is 0 Å². The first kappa shape index (κ1) is 11.8. The van der Waals surface area contributed by atoms with Gasteiger partial charge in [-0.1, -0.05) is 11.6 Å². The molecule has 16 heavy (non-hydrogen) atoms. The predicted octanol–water partition coefficient (Wildman–Crippen LogP) is 1.97. The second-order valence-electron chi connectivity index (χ2n) is 4.26. The van der Waals surface area contributed by atoms with E-state index in [1.807, 2.05) is 0 Å². The van der Waals surface area contributed by atoms with Crippen LogP contribution in [0.3, 0.4) is 0 Å². The third-order valence-corrected chi connectivity index (χ3v) is 3.51. The molecule has 1 aromatic carbocycles. The van der Waals surface area contributed by atoms with Gasteiger partial charge < -0.3 is 10.8 Å². The predicted molar refractivity (Wildman–Crippen MR) is 57.3 cm³/mol. The third-order valence-electron chi connectivity index (χ3n) is 3.22. The van der Waals surface area contributed by atoms with Crippen LogP contribution >= 0.6 is 11.6 Å². The minimum absolute atomic E-state index is 0.0900. The Morgan fingerprint density at radius 1 is 1.44 bits per heavy atom. The van der Waals surface area contributed by atoms with Crippen molar-refractivity contribution in [2.75, 3.05) is 6.54 Å². The van der Waals surface area contributed by atoms with E-state index in [2.05, 4.69) is 0 Å². The van der Waals surface area contributed by atoms with Crippen molar-refractivity contribution in [2.45, 2.75) is 24.4 Å². The van der Waals surface area contributed by atoms with E-state index in [0.29, 0.717) is 0 Å². The van der Waals surface area contributed by atoms with Crippen LogP contribution in [0.4, 0.5) is 8.78 Å². The normalized spacial score (nSPS) is 28.9. The summed E-state index contributed by atoms with van der Waals surface area (Å²) < 4.78 is 27.4. The Hall–Kier alpha value is -0.710. The second-order valence-corrected chi connectivity index (χ2v) is 4.67. The Morgan fingerprint density at radius 2 is 2.06 bits per heavy atom. The highest BCUT2D eigenvalue weighted by atomic mass is 35.5. The highest BCUT2D eigenvalue weighted by molar-refractivity contribution is 6.30. The van der Waals surface area contributed by atoms with Crippen molar-refractivity contribution in [3.05, 3.63) is 34.4 Å². The summed E-state index contributed by atoms with van der Waals surface area (Å²) in [4.78, 5) is 0. The lowest BCUT2D eigenvalue weighted by Gasteiger charge is -2.45. The van der Waals surface area contributed by atoms with Crippen LogP contribution in [0.1, 0.15) is 18.4 Å². The van der Waals surface area contributed by atoms with Crippen LogP contribution in [0.25, 0.3) is 0 Å². The smallest absolute Gasteiger partial charge is 0.148 e. The Bertz CT molecular complexity index is 419. The van der Waals surface area contributed by atoms with E-state index in [-0.39, 0.29) is 30.0 Å². The molecule has 1 fully saturated rings. The lowest BCUT2D eigenvalue weighted by atomic mass is 9.62. The van der Waals surface area contributed by atoms with Gasteiger partial charge in [-0.2, -0.15) is 0 Å². The average Bonchev–Trinajstić information content (AvgIpc) is 2.21. The van der Waals surface area contributed by atoms with E-state index >= 15 is 0 Å². The lowest BCUT2D eigenvalue weighted by molar-refractivity contribution is 0.0187. The SMILES string of the molecule is NCC1(c2c(F)ccc(Cl)c2F)CC(O)C1. The molecule has 0 heterocycles. The largest absolute Gasteiger partial charge is 0.393 e. The molecule has 1 aliphatic carbocycles. The molecule has 5 heteroatoms. The second kappa shape index (κ2) is 3.95. The van der Waals surface area contributed by atoms with E-state index in [9.17, 15) is 13.9 Å². The molecule has 1 aliphatic rings. The van der Waals surface area contributed by atoms with Crippen molar-refractivity contribution in [3.63, 3.8) is 0 Å². The molecular formula is C11H12ClF2NO. The molecule has 0 spiro atoms. The molecule has 0 radical (unpaired) electrons. The zero-order chi connectivity index (χ0) is 11.9. The third kappa shape index (κ3) is 1.61.